The Morgan fingerprint density at radius 2 is 1.22 bits per heavy atom. The summed E-state index contributed by atoms with van der Waals surface area (Å²) in [5.74, 6) is 5.35. The van der Waals surface area contributed by atoms with Crippen LogP contribution in [0.4, 0.5) is 0 Å². The average molecular weight is 697 g/mol. The number of hydrogen-bond donors (Lipinski definition) is 1. The first-order valence-corrected chi connectivity index (χ1v) is 20.2. The van der Waals surface area contributed by atoms with Crippen molar-refractivity contribution in [3.05, 3.63) is 35.4 Å². The minimum atomic E-state index is 0.379. The maximum atomic E-state index is 4.19. The number of fused-ring (bicyclic) bond motifs is 7. The van der Waals surface area contributed by atoms with E-state index in [9.17, 15) is 0 Å². The van der Waals surface area contributed by atoms with E-state index in [0.717, 1.165) is 36.1 Å². The van der Waals surface area contributed by atoms with Crippen LogP contribution in [0.25, 0.3) is 0 Å². The average Bonchev–Trinajstić information content (AvgIpc) is 3.57. The van der Waals surface area contributed by atoms with Crippen molar-refractivity contribution in [3.63, 3.8) is 0 Å². The first kappa shape index (κ1) is 48.4. The van der Waals surface area contributed by atoms with E-state index in [-0.39, 0.29) is 0 Å². The van der Waals surface area contributed by atoms with Crippen molar-refractivity contribution in [1.82, 2.24) is 10.2 Å². The van der Waals surface area contributed by atoms with Crippen molar-refractivity contribution in [2.45, 2.75) is 151 Å². The second-order valence-electron chi connectivity index (χ2n) is 17.0. The molecule has 5 fully saturated rings. The summed E-state index contributed by atoms with van der Waals surface area (Å²) in [6.07, 6.45) is 49.3. The van der Waals surface area contributed by atoms with Gasteiger partial charge in [0, 0.05) is 18.6 Å². The van der Waals surface area contributed by atoms with Crippen molar-refractivity contribution in [3.8, 4) is 51.4 Å². The molecular weight excluding hydrogens is 617 g/mol. The molecule has 5 saturated carbocycles. The zero-order chi connectivity index (χ0) is 39.6. The van der Waals surface area contributed by atoms with Crippen molar-refractivity contribution in [2.75, 3.05) is 27.2 Å². The Bertz CT molecular complexity index is 1160. The van der Waals surface area contributed by atoms with Crippen molar-refractivity contribution >= 4 is 0 Å². The lowest BCUT2D eigenvalue weighted by Gasteiger charge is -2.69. The number of aryl methyl sites for hydroxylation is 1. The monoisotopic (exact) mass is 697 g/mol. The molecule has 2 nitrogen and oxygen atoms in total. The minimum absolute atomic E-state index is 0.379. The summed E-state index contributed by atoms with van der Waals surface area (Å²) in [6.45, 7) is 23.7. The van der Waals surface area contributed by atoms with Gasteiger partial charge in [-0.15, -0.1) is 51.4 Å². The van der Waals surface area contributed by atoms with Crippen LogP contribution in [-0.2, 0) is 0 Å². The third kappa shape index (κ3) is 10.1. The molecule has 0 heterocycles. The highest BCUT2D eigenvalue weighted by Gasteiger charge is 2.66. The fraction of sp³-hybridized carbons (Fsp3) is 0.714. The first-order valence-electron chi connectivity index (χ1n) is 20.2. The van der Waals surface area contributed by atoms with E-state index in [1.54, 1.807) is 5.56 Å². The Hall–Kier alpha value is -2.62. The predicted octanol–water partition coefficient (Wildman–Crippen LogP) is 11.9. The van der Waals surface area contributed by atoms with Gasteiger partial charge in [0.05, 0.1) is 0 Å². The van der Waals surface area contributed by atoms with Crippen LogP contribution in [0, 0.1) is 104 Å². The maximum absolute atomic E-state index is 4.19. The quantitative estimate of drug-likeness (QED) is 0.308. The lowest BCUT2D eigenvalue weighted by atomic mass is 9.35. The summed E-state index contributed by atoms with van der Waals surface area (Å²) in [5.41, 5.74) is 4.89. The summed E-state index contributed by atoms with van der Waals surface area (Å²) in [6, 6.07) is 9.59. The number of benzene rings is 1. The molecule has 1 aromatic rings. The molecule has 0 aromatic heterocycles. The molecular formula is C49H80N2. The number of nitrogens with one attached hydrogen (secondary N) is 1. The first-order chi connectivity index (χ1) is 24.4. The molecule has 0 radical (unpaired) electrons. The highest BCUT2D eigenvalue weighted by Crippen LogP contribution is 2.73. The minimum Gasteiger partial charge on any atom is -0.310 e. The Balaban J connectivity index is 0.00000173. The molecule has 5 aliphatic rings. The molecule has 0 saturated heterocycles. The van der Waals surface area contributed by atoms with E-state index in [1.807, 2.05) is 13.8 Å². The highest BCUT2D eigenvalue weighted by molar-refractivity contribution is 5.28. The third-order valence-corrected chi connectivity index (χ3v) is 14.1. The second-order valence-corrected chi connectivity index (χ2v) is 17.0. The second kappa shape index (κ2) is 22.4. The Kier molecular flexibility index (Phi) is 21.3. The third-order valence-electron chi connectivity index (χ3n) is 14.1. The number of hydrogen-bond acceptors (Lipinski definition) is 2. The molecule has 1 aromatic carbocycles. The standard InChI is InChI=1S/C36H58N2.C3H8.C2H6.4C2H2/c1-25-10-12-26(13-11-25)28-16-20-35(5)31(33(28,2)3)18-21-34(4)29-17-22-36(37-23-24-38(6)7)19-8-9-30(36)27(29)14-15-32(34)35;1-3-2;5*1-2/h10-13,27-32,37H,8-9,14-24H2,1-7H3;3H2,1-2H3;1-2H3;4*1-2H/t27-,28+,29?,30?,31?,32?,34-,35-,36-;;;;;;/m0....../s1. The largest absolute Gasteiger partial charge is 0.310 e. The van der Waals surface area contributed by atoms with Gasteiger partial charge in [-0.1, -0.05) is 98.1 Å². The molecule has 0 spiro atoms. The molecule has 5 aliphatic carbocycles. The van der Waals surface area contributed by atoms with Crippen molar-refractivity contribution in [1.29, 1.82) is 0 Å². The van der Waals surface area contributed by atoms with Gasteiger partial charge in [-0.3, -0.25) is 0 Å². The van der Waals surface area contributed by atoms with Gasteiger partial charge in [-0.2, -0.15) is 0 Å². The van der Waals surface area contributed by atoms with Crippen LogP contribution >= 0.6 is 0 Å². The Labute approximate surface area is 319 Å². The van der Waals surface area contributed by atoms with Gasteiger partial charge in [-0.25, -0.2) is 0 Å². The van der Waals surface area contributed by atoms with Crippen LogP contribution in [-0.4, -0.2) is 37.6 Å². The number of rotatable bonds is 5. The number of terminal acetylenes is 4. The van der Waals surface area contributed by atoms with Crippen LogP contribution in [0.3, 0.4) is 0 Å². The van der Waals surface area contributed by atoms with Crippen molar-refractivity contribution < 1.29 is 0 Å². The molecule has 9 atom stereocenters. The van der Waals surface area contributed by atoms with Gasteiger partial charge in [0.2, 0.25) is 0 Å². The fourth-order valence-corrected chi connectivity index (χ4v) is 12.5. The summed E-state index contributed by atoms with van der Waals surface area (Å²) in [4.78, 5) is 2.35. The van der Waals surface area contributed by atoms with Crippen LogP contribution in [0.2, 0.25) is 0 Å². The van der Waals surface area contributed by atoms with E-state index in [1.165, 1.54) is 89.2 Å². The lowest BCUT2D eigenvalue weighted by Crippen LogP contribution is -2.64. The molecule has 0 amide bonds. The van der Waals surface area contributed by atoms with E-state index in [2.05, 4.69) is 148 Å². The van der Waals surface area contributed by atoms with Gasteiger partial charge >= 0.3 is 0 Å². The predicted molar refractivity (Wildman–Crippen MR) is 228 cm³/mol. The lowest BCUT2D eigenvalue weighted by molar-refractivity contribution is -0.195. The molecule has 0 bridgehead atoms. The van der Waals surface area contributed by atoms with E-state index >= 15 is 0 Å². The smallest absolute Gasteiger partial charge is 0.0213 e. The fourth-order valence-electron chi connectivity index (χ4n) is 12.5. The summed E-state index contributed by atoms with van der Waals surface area (Å²) in [7, 11) is 4.44. The highest BCUT2D eigenvalue weighted by atomic mass is 15.1. The molecule has 0 aliphatic heterocycles. The number of nitrogens with zero attached hydrogens (tertiary/aromatic N) is 1. The molecule has 4 unspecified atom stereocenters. The topological polar surface area (TPSA) is 15.3 Å². The van der Waals surface area contributed by atoms with E-state index < -0.39 is 0 Å². The Morgan fingerprint density at radius 3 is 1.76 bits per heavy atom. The van der Waals surface area contributed by atoms with Crippen LogP contribution in [0.5, 0.6) is 0 Å². The summed E-state index contributed by atoms with van der Waals surface area (Å²) in [5, 5.41) is 4.19. The van der Waals surface area contributed by atoms with Gasteiger partial charge in [-0.05, 0) is 143 Å². The summed E-state index contributed by atoms with van der Waals surface area (Å²) >= 11 is 0. The molecule has 6 rings (SSSR count). The van der Waals surface area contributed by atoms with Crippen LogP contribution < -0.4 is 5.32 Å². The van der Waals surface area contributed by atoms with Crippen LogP contribution in [0.15, 0.2) is 24.3 Å². The zero-order valence-electron chi connectivity index (χ0n) is 35.2. The maximum Gasteiger partial charge on any atom is 0.0213 e. The SMILES string of the molecule is C#C.C#C.C#C.C#C.CC.CCC.Cc1ccc([C@H]2CC[C@@]3(C)C(CC[C@@]4(C)C5CC[C@@]6(NCCN(C)C)CCCC6[C@H]5CCC43)C2(C)C)cc1. The van der Waals surface area contributed by atoms with E-state index in [4.69, 9.17) is 0 Å². The van der Waals surface area contributed by atoms with Gasteiger partial charge in [0.15, 0.2) is 0 Å². The van der Waals surface area contributed by atoms with E-state index in [0.29, 0.717) is 27.7 Å². The molecule has 2 heteroatoms. The van der Waals surface area contributed by atoms with Gasteiger partial charge < -0.3 is 10.2 Å². The molecule has 51 heavy (non-hydrogen) atoms. The Morgan fingerprint density at radius 1 is 0.667 bits per heavy atom. The number of likely N-dealkylation sites (N-methyl/N-ethyl adjacent to an activating group) is 1. The normalized spacial score (nSPS) is 34.7. The van der Waals surface area contributed by atoms with Crippen LogP contribution in [0.1, 0.15) is 149 Å². The van der Waals surface area contributed by atoms with Gasteiger partial charge in [0.1, 0.15) is 0 Å². The molecule has 286 valence electrons. The van der Waals surface area contributed by atoms with Gasteiger partial charge in [0.25, 0.3) is 0 Å². The van der Waals surface area contributed by atoms with Crippen molar-refractivity contribution in [2.24, 2.45) is 45.8 Å². The zero-order valence-corrected chi connectivity index (χ0v) is 35.2. The summed E-state index contributed by atoms with van der Waals surface area (Å²) < 4.78 is 0. The molecule has 1 N–H and O–H groups in total.